The normalized spacial score (nSPS) is 11.9. The molecule has 1 N–H and O–H groups in total. The van der Waals surface area contributed by atoms with E-state index in [1.54, 1.807) is 0 Å². The number of ether oxygens (including phenoxy) is 1. The molecule has 0 aliphatic rings. The summed E-state index contributed by atoms with van der Waals surface area (Å²) in [5.74, 6) is 1.74. The molecule has 0 aliphatic carbocycles. The number of anilines is 1. The van der Waals surface area contributed by atoms with E-state index in [1.165, 1.54) is 17.3 Å². The quantitative estimate of drug-likeness (QED) is 0.276. The van der Waals surface area contributed by atoms with Crippen molar-refractivity contribution in [2.75, 3.05) is 11.1 Å². The minimum Gasteiger partial charge on any atom is -0.483 e. The maximum absolute atomic E-state index is 12.4. The van der Waals surface area contributed by atoms with E-state index in [4.69, 9.17) is 4.74 Å². The van der Waals surface area contributed by atoms with Gasteiger partial charge in [0.15, 0.2) is 17.1 Å². The molecule has 0 fully saturated rings. The van der Waals surface area contributed by atoms with Crippen molar-refractivity contribution in [2.24, 2.45) is 0 Å². The van der Waals surface area contributed by atoms with Gasteiger partial charge in [0.05, 0.1) is 5.75 Å². The molecule has 6 nitrogen and oxygen atoms in total. The second-order valence-electron chi connectivity index (χ2n) is 7.14. The van der Waals surface area contributed by atoms with Crippen LogP contribution in [0.3, 0.4) is 0 Å². The summed E-state index contributed by atoms with van der Waals surface area (Å²) >= 11 is 3.64. The molecular weight excluding hydrogens is 523 g/mol. The standard InChI is InChI=1S/C23H27IN4O2S/c1-5-17-7-10-19(11-8-17)30-16(4)22-26-27-23(28(22)6-2)31-14-21(29)25-20-12-9-18(24)13-15(20)3/h7-13,16H,5-6,14H2,1-4H3,(H,25,29)/t16-/m1/s1. The van der Waals surface area contributed by atoms with Crippen molar-refractivity contribution < 1.29 is 9.53 Å². The van der Waals surface area contributed by atoms with E-state index >= 15 is 0 Å². The number of nitrogens with zero attached hydrogens (tertiary/aromatic N) is 3. The Morgan fingerprint density at radius 3 is 2.58 bits per heavy atom. The van der Waals surface area contributed by atoms with Gasteiger partial charge in [-0.05, 0) is 91.2 Å². The Kier molecular flexibility index (Phi) is 8.36. The third-order valence-electron chi connectivity index (χ3n) is 4.86. The van der Waals surface area contributed by atoms with Gasteiger partial charge in [0, 0.05) is 15.8 Å². The molecule has 0 saturated carbocycles. The summed E-state index contributed by atoms with van der Waals surface area (Å²) in [4.78, 5) is 12.4. The number of nitrogens with one attached hydrogen (secondary N) is 1. The average molecular weight is 550 g/mol. The van der Waals surface area contributed by atoms with Crippen LogP contribution >= 0.6 is 34.4 Å². The predicted octanol–water partition coefficient (Wildman–Crippen LogP) is 5.64. The van der Waals surface area contributed by atoms with E-state index in [1.807, 2.05) is 55.7 Å². The van der Waals surface area contributed by atoms with Crippen LogP contribution in [-0.2, 0) is 17.8 Å². The molecule has 8 heteroatoms. The van der Waals surface area contributed by atoms with Crippen LogP contribution in [-0.4, -0.2) is 26.4 Å². The number of amides is 1. The number of thioether (sulfide) groups is 1. The number of hydrogen-bond acceptors (Lipinski definition) is 5. The molecule has 3 aromatic rings. The van der Waals surface area contributed by atoms with Crippen LogP contribution in [0, 0.1) is 10.5 Å². The molecule has 31 heavy (non-hydrogen) atoms. The summed E-state index contributed by atoms with van der Waals surface area (Å²) in [6.07, 6.45) is 0.745. The third-order valence-corrected chi connectivity index (χ3v) is 6.50. The summed E-state index contributed by atoms with van der Waals surface area (Å²) in [7, 11) is 0. The number of aryl methyl sites for hydroxylation is 2. The Balaban J connectivity index is 1.62. The summed E-state index contributed by atoms with van der Waals surface area (Å²) < 4.78 is 9.21. The second kappa shape index (κ2) is 11.0. The Bertz CT molecular complexity index is 1040. The molecule has 1 amide bonds. The molecule has 0 radical (unpaired) electrons. The fraction of sp³-hybridized carbons (Fsp3) is 0.348. The van der Waals surface area contributed by atoms with Crippen LogP contribution in [0.4, 0.5) is 5.69 Å². The Labute approximate surface area is 201 Å². The highest BCUT2D eigenvalue weighted by Gasteiger charge is 2.19. The van der Waals surface area contributed by atoms with Crippen molar-refractivity contribution in [3.8, 4) is 5.75 Å². The molecule has 1 heterocycles. The lowest BCUT2D eigenvalue weighted by Crippen LogP contribution is -2.16. The number of rotatable bonds is 9. The van der Waals surface area contributed by atoms with Gasteiger partial charge in [0.1, 0.15) is 5.75 Å². The van der Waals surface area contributed by atoms with Crippen molar-refractivity contribution in [1.82, 2.24) is 14.8 Å². The third kappa shape index (κ3) is 6.22. The van der Waals surface area contributed by atoms with Gasteiger partial charge in [-0.3, -0.25) is 4.79 Å². The first-order valence-electron chi connectivity index (χ1n) is 10.3. The van der Waals surface area contributed by atoms with E-state index in [0.29, 0.717) is 11.7 Å². The van der Waals surface area contributed by atoms with Crippen molar-refractivity contribution in [3.63, 3.8) is 0 Å². The number of carbonyl (C=O) groups excluding carboxylic acids is 1. The van der Waals surface area contributed by atoms with Gasteiger partial charge >= 0.3 is 0 Å². The Hall–Kier alpha value is -2.07. The zero-order chi connectivity index (χ0) is 22.4. The smallest absolute Gasteiger partial charge is 0.234 e. The molecule has 3 rings (SSSR count). The molecule has 0 spiro atoms. The monoisotopic (exact) mass is 550 g/mol. The number of benzene rings is 2. The van der Waals surface area contributed by atoms with Crippen LogP contribution in [0.2, 0.25) is 0 Å². The Morgan fingerprint density at radius 1 is 1.19 bits per heavy atom. The van der Waals surface area contributed by atoms with Crippen LogP contribution in [0.1, 0.15) is 43.8 Å². The summed E-state index contributed by atoms with van der Waals surface area (Å²) in [5.41, 5.74) is 3.15. The van der Waals surface area contributed by atoms with Crippen LogP contribution in [0.5, 0.6) is 5.75 Å². The fourth-order valence-electron chi connectivity index (χ4n) is 3.15. The van der Waals surface area contributed by atoms with Crippen LogP contribution < -0.4 is 10.1 Å². The number of carbonyl (C=O) groups is 1. The SMILES string of the molecule is CCc1ccc(O[C@H](C)c2nnc(SCC(=O)Nc3ccc(I)cc3C)n2CC)cc1. The number of aromatic nitrogens is 3. The van der Waals surface area contributed by atoms with Gasteiger partial charge in [-0.2, -0.15) is 0 Å². The van der Waals surface area contributed by atoms with Gasteiger partial charge in [-0.25, -0.2) is 0 Å². The maximum Gasteiger partial charge on any atom is 0.234 e. The molecule has 0 saturated heterocycles. The highest BCUT2D eigenvalue weighted by atomic mass is 127. The molecule has 0 unspecified atom stereocenters. The number of hydrogen-bond donors (Lipinski definition) is 1. The van der Waals surface area contributed by atoms with Crippen LogP contribution in [0.25, 0.3) is 0 Å². The van der Waals surface area contributed by atoms with Gasteiger partial charge in [0.25, 0.3) is 0 Å². The van der Waals surface area contributed by atoms with E-state index in [0.717, 1.165) is 32.8 Å². The van der Waals surface area contributed by atoms with E-state index in [-0.39, 0.29) is 17.8 Å². The molecule has 1 aromatic heterocycles. The summed E-state index contributed by atoms with van der Waals surface area (Å²) in [6.45, 7) is 8.82. The zero-order valence-corrected chi connectivity index (χ0v) is 21.2. The lowest BCUT2D eigenvalue weighted by atomic mass is 10.2. The highest BCUT2D eigenvalue weighted by Crippen LogP contribution is 2.25. The lowest BCUT2D eigenvalue weighted by molar-refractivity contribution is -0.113. The minimum absolute atomic E-state index is 0.0678. The zero-order valence-electron chi connectivity index (χ0n) is 18.2. The molecule has 2 aromatic carbocycles. The van der Waals surface area contributed by atoms with Gasteiger partial charge < -0.3 is 14.6 Å². The molecule has 0 aliphatic heterocycles. The minimum atomic E-state index is -0.252. The lowest BCUT2D eigenvalue weighted by Gasteiger charge is -2.16. The summed E-state index contributed by atoms with van der Waals surface area (Å²) in [6, 6.07) is 14.1. The van der Waals surface area contributed by atoms with E-state index in [9.17, 15) is 4.79 Å². The molecular formula is C23H27IN4O2S. The number of halogens is 1. The fourth-order valence-corrected chi connectivity index (χ4v) is 4.61. The first kappa shape index (κ1) is 23.6. The van der Waals surface area contributed by atoms with Crippen molar-refractivity contribution in [2.45, 2.75) is 51.9 Å². The first-order chi connectivity index (χ1) is 14.9. The van der Waals surface area contributed by atoms with E-state index < -0.39 is 0 Å². The Morgan fingerprint density at radius 2 is 1.94 bits per heavy atom. The average Bonchev–Trinajstić information content (AvgIpc) is 3.18. The van der Waals surface area contributed by atoms with Gasteiger partial charge in [-0.15, -0.1) is 10.2 Å². The topological polar surface area (TPSA) is 69.0 Å². The molecule has 0 bridgehead atoms. The second-order valence-corrected chi connectivity index (χ2v) is 9.33. The molecule has 164 valence electrons. The van der Waals surface area contributed by atoms with Crippen molar-refractivity contribution in [3.05, 3.63) is 63.0 Å². The largest absolute Gasteiger partial charge is 0.483 e. The predicted molar refractivity (Wildman–Crippen MR) is 134 cm³/mol. The van der Waals surface area contributed by atoms with Gasteiger partial charge in [0.2, 0.25) is 5.91 Å². The summed E-state index contributed by atoms with van der Waals surface area (Å²) in [5, 5.41) is 12.3. The van der Waals surface area contributed by atoms with Crippen LogP contribution in [0.15, 0.2) is 47.6 Å². The van der Waals surface area contributed by atoms with Crippen molar-refractivity contribution >= 4 is 45.9 Å². The highest BCUT2D eigenvalue weighted by molar-refractivity contribution is 14.1. The van der Waals surface area contributed by atoms with E-state index in [2.05, 4.69) is 57.2 Å². The molecule has 1 atom stereocenters. The first-order valence-corrected chi connectivity index (χ1v) is 12.3. The van der Waals surface area contributed by atoms with Crippen molar-refractivity contribution in [1.29, 1.82) is 0 Å². The van der Waals surface area contributed by atoms with Gasteiger partial charge in [-0.1, -0.05) is 30.8 Å². The maximum atomic E-state index is 12.4.